The predicted octanol–water partition coefficient (Wildman–Crippen LogP) is 2.30. The van der Waals surface area contributed by atoms with Gasteiger partial charge in [0, 0.05) is 12.8 Å². The Morgan fingerprint density at radius 3 is 2.72 bits per heavy atom. The van der Waals surface area contributed by atoms with Crippen LogP contribution in [0, 0.1) is 5.92 Å². The van der Waals surface area contributed by atoms with Crippen LogP contribution >= 0.6 is 0 Å². The maximum Gasteiger partial charge on any atom is 0.137 e. The van der Waals surface area contributed by atoms with E-state index in [0.29, 0.717) is 19.1 Å². The summed E-state index contributed by atoms with van der Waals surface area (Å²) in [4.78, 5) is 4.19. The molecular weight excluding hydrogens is 228 g/mol. The predicted molar refractivity (Wildman–Crippen MR) is 70.5 cm³/mol. The van der Waals surface area contributed by atoms with Gasteiger partial charge in [-0.1, -0.05) is 0 Å². The number of ether oxygens (including phenoxy) is 2. The number of aromatic nitrogens is 1. The number of nitrogens with two attached hydrogens (primary N) is 1. The topological polar surface area (TPSA) is 57.4 Å². The van der Waals surface area contributed by atoms with E-state index in [1.54, 1.807) is 6.20 Å². The average molecular weight is 250 g/mol. The minimum absolute atomic E-state index is 0.105. The van der Waals surface area contributed by atoms with Crippen LogP contribution in [0.1, 0.15) is 38.3 Å². The summed E-state index contributed by atoms with van der Waals surface area (Å²) in [6, 6.07) is 1.85. The molecular formula is C14H22N2O2. The molecule has 1 aromatic rings. The fourth-order valence-corrected chi connectivity index (χ4v) is 2.20. The summed E-state index contributed by atoms with van der Waals surface area (Å²) in [6.07, 6.45) is 6.07. The zero-order valence-electron chi connectivity index (χ0n) is 11.1. The van der Waals surface area contributed by atoms with Gasteiger partial charge in [0.25, 0.3) is 0 Å². The fourth-order valence-electron chi connectivity index (χ4n) is 2.20. The van der Waals surface area contributed by atoms with Crippen molar-refractivity contribution in [1.29, 1.82) is 0 Å². The molecule has 0 bridgehead atoms. The largest absolute Gasteiger partial charge is 0.492 e. The van der Waals surface area contributed by atoms with Crippen molar-refractivity contribution in [3.05, 3.63) is 24.0 Å². The SMILES string of the molecule is CCOc1cncc(C(N)C(OCC)C2CC2)c1. The Balaban J connectivity index is 2.10. The maximum atomic E-state index is 6.31. The molecule has 1 aromatic heterocycles. The molecule has 2 unspecified atom stereocenters. The monoisotopic (exact) mass is 250 g/mol. The van der Waals surface area contributed by atoms with Crippen LogP contribution in [0.2, 0.25) is 0 Å². The van der Waals surface area contributed by atoms with Crippen LogP contribution in [-0.4, -0.2) is 24.3 Å². The highest BCUT2D eigenvalue weighted by Crippen LogP contribution is 2.39. The van der Waals surface area contributed by atoms with Crippen LogP contribution in [0.25, 0.3) is 0 Å². The lowest BCUT2D eigenvalue weighted by atomic mass is 10.0. The van der Waals surface area contributed by atoms with Crippen molar-refractivity contribution in [1.82, 2.24) is 4.98 Å². The zero-order chi connectivity index (χ0) is 13.0. The van der Waals surface area contributed by atoms with E-state index >= 15 is 0 Å². The second-order valence-electron chi connectivity index (χ2n) is 4.67. The molecule has 18 heavy (non-hydrogen) atoms. The molecule has 1 saturated carbocycles. The molecule has 2 rings (SSSR count). The van der Waals surface area contributed by atoms with E-state index in [2.05, 4.69) is 4.98 Å². The smallest absolute Gasteiger partial charge is 0.137 e. The Hall–Kier alpha value is -1.13. The first-order valence-electron chi connectivity index (χ1n) is 6.71. The van der Waals surface area contributed by atoms with Gasteiger partial charge in [-0.15, -0.1) is 0 Å². The summed E-state index contributed by atoms with van der Waals surface area (Å²) in [5.41, 5.74) is 7.30. The quantitative estimate of drug-likeness (QED) is 0.806. The molecule has 0 radical (unpaired) electrons. The summed E-state index contributed by atoms with van der Waals surface area (Å²) in [5.74, 6) is 1.38. The van der Waals surface area contributed by atoms with Crippen LogP contribution < -0.4 is 10.5 Å². The van der Waals surface area contributed by atoms with Crippen LogP contribution in [0.15, 0.2) is 18.5 Å². The third-order valence-electron chi connectivity index (χ3n) is 3.23. The van der Waals surface area contributed by atoms with Crippen LogP contribution in [0.5, 0.6) is 5.75 Å². The third kappa shape index (κ3) is 3.21. The number of rotatable bonds is 7. The van der Waals surface area contributed by atoms with E-state index in [4.69, 9.17) is 15.2 Å². The van der Waals surface area contributed by atoms with E-state index in [0.717, 1.165) is 11.3 Å². The van der Waals surface area contributed by atoms with Gasteiger partial charge in [0.1, 0.15) is 5.75 Å². The molecule has 100 valence electrons. The molecule has 0 amide bonds. The van der Waals surface area contributed by atoms with Crippen LogP contribution in [0.4, 0.5) is 0 Å². The maximum absolute atomic E-state index is 6.31. The van der Waals surface area contributed by atoms with E-state index in [1.165, 1.54) is 12.8 Å². The summed E-state index contributed by atoms with van der Waals surface area (Å²) in [5, 5.41) is 0. The first-order chi connectivity index (χ1) is 8.76. The van der Waals surface area contributed by atoms with Gasteiger partial charge in [-0.25, -0.2) is 0 Å². The highest BCUT2D eigenvalue weighted by Gasteiger charge is 2.36. The number of pyridine rings is 1. The third-order valence-corrected chi connectivity index (χ3v) is 3.23. The van der Waals surface area contributed by atoms with E-state index in [-0.39, 0.29) is 12.1 Å². The van der Waals surface area contributed by atoms with Gasteiger partial charge in [0.05, 0.1) is 24.9 Å². The average Bonchev–Trinajstić information content (AvgIpc) is 3.20. The molecule has 2 N–H and O–H groups in total. The number of hydrogen-bond acceptors (Lipinski definition) is 4. The molecule has 0 aliphatic heterocycles. The standard InChI is InChI=1S/C14H22N2O2/c1-3-17-12-7-11(8-16-9-12)13(15)14(18-4-2)10-5-6-10/h7-10,13-14H,3-6,15H2,1-2H3. The Kier molecular flexibility index (Phi) is 4.55. The van der Waals surface area contributed by atoms with Crippen LogP contribution in [0.3, 0.4) is 0 Å². The molecule has 1 fully saturated rings. The lowest BCUT2D eigenvalue weighted by Gasteiger charge is -2.24. The molecule has 4 heteroatoms. The highest BCUT2D eigenvalue weighted by atomic mass is 16.5. The van der Waals surface area contributed by atoms with Gasteiger partial charge in [0.2, 0.25) is 0 Å². The molecule has 1 aliphatic rings. The lowest BCUT2D eigenvalue weighted by molar-refractivity contribution is 0.0282. The second kappa shape index (κ2) is 6.16. The van der Waals surface area contributed by atoms with Gasteiger partial charge >= 0.3 is 0 Å². The van der Waals surface area contributed by atoms with E-state index < -0.39 is 0 Å². The molecule has 1 aliphatic carbocycles. The Labute approximate surface area is 108 Å². The van der Waals surface area contributed by atoms with Crippen molar-refractivity contribution in [2.45, 2.75) is 38.8 Å². The number of hydrogen-bond donors (Lipinski definition) is 1. The summed E-state index contributed by atoms with van der Waals surface area (Å²) >= 11 is 0. The van der Waals surface area contributed by atoms with Crippen LogP contribution in [-0.2, 0) is 4.74 Å². The Bertz CT molecular complexity index is 380. The normalized spacial score (nSPS) is 18.4. The van der Waals surface area contributed by atoms with Gasteiger partial charge in [-0.05, 0) is 44.2 Å². The first kappa shape index (κ1) is 13.3. The fraction of sp³-hybridized carbons (Fsp3) is 0.643. The van der Waals surface area contributed by atoms with Gasteiger partial charge in [-0.2, -0.15) is 0 Å². The molecule has 4 nitrogen and oxygen atoms in total. The second-order valence-corrected chi connectivity index (χ2v) is 4.67. The molecule has 0 saturated heterocycles. The van der Waals surface area contributed by atoms with Gasteiger partial charge < -0.3 is 15.2 Å². The van der Waals surface area contributed by atoms with E-state index in [9.17, 15) is 0 Å². The van der Waals surface area contributed by atoms with Crippen molar-refractivity contribution in [3.63, 3.8) is 0 Å². The minimum Gasteiger partial charge on any atom is -0.492 e. The number of nitrogens with zero attached hydrogens (tertiary/aromatic N) is 1. The van der Waals surface area contributed by atoms with Crippen molar-refractivity contribution in [3.8, 4) is 5.75 Å². The van der Waals surface area contributed by atoms with Gasteiger partial charge in [0.15, 0.2) is 0 Å². The summed E-state index contributed by atoms with van der Waals surface area (Å²) < 4.78 is 11.2. The lowest BCUT2D eigenvalue weighted by Crippen LogP contribution is -2.31. The molecule has 1 heterocycles. The molecule has 0 spiro atoms. The summed E-state index contributed by atoms with van der Waals surface area (Å²) in [7, 11) is 0. The van der Waals surface area contributed by atoms with Crippen molar-refractivity contribution in [2.75, 3.05) is 13.2 Å². The molecule has 0 aromatic carbocycles. The highest BCUT2D eigenvalue weighted by molar-refractivity contribution is 5.27. The van der Waals surface area contributed by atoms with Crippen molar-refractivity contribution < 1.29 is 9.47 Å². The summed E-state index contributed by atoms with van der Waals surface area (Å²) in [6.45, 7) is 5.31. The Morgan fingerprint density at radius 2 is 2.11 bits per heavy atom. The Morgan fingerprint density at radius 1 is 1.33 bits per heavy atom. The van der Waals surface area contributed by atoms with Crippen molar-refractivity contribution >= 4 is 0 Å². The van der Waals surface area contributed by atoms with Gasteiger partial charge in [-0.3, -0.25) is 4.98 Å². The zero-order valence-corrected chi connectivity index (χ0v) is 11.1. The molecule has 2 atom stereocenters. The minimum atomic E-state index is -0.120. The first-order valence-corrected chi connectivity index (χ1v) is 6.71. The van der Waals surface area contributed by atoms with Crippen molar-refractivity contribution in [2.24, 2.45) is 11.7 Å². The van der Waals surface area contributed by atoms with E-state index in [1.807, 2.05) is 26.1 Å².